The number of amides is 1. The maximum Gasteiger partial charge on any atom is 0.273 e. The molecule has 0 spiro atoms. The zero-order valence-corrected chi connectivity index (χ0v) is 12.4. The van der Waals surface area contributed by atoms with Gasteiger partial charge in [0.1, 0.15) is 5.69 Å². The Hall–Kier alpha value is -1.95. The minimum atomic E-state index is -0.214. The predicted octanol–water partition coefficient (Wildman–Crippen LogP) is 2.76. The number of thioether (sulfide) groups is 1. The summed E-state index contributed by atoms with van der Waals surface area (Å²) in [4.78, 5) is 13.2. The van der Waals surface area contributed by atoms with E-state index in [0.29, 0.717) is 17.1 Å². The number of benzene rings is 1. The molecule has 0 aliphatic rings. The molecule has 106 valence electrons. The number of hydrogen-bond donors (Lipinski definition) is 2. The highest BCUT2D eigenvalue weighted by molar-refractivity contribution is 7.99. The number of aryl methyl sites for hydroxylation is 1. The van der Waals surface area contributed by atoms with E-state index in [0.717, 1.165) is 17.1 Å². The van der Waals surface area contributed by atoms with Gasteiger partial charge < -0.3 is 11.1 Å². The van der Waals surface area contributed by atoms with Crippen molar-refractivity contribution in [2.45, 2.75) is 18.2 Å². The SMILES string of the molecule is CCCSc1ccc(N)c(NC(=O)c2ccnn2C)c1. The zero-order chi connectivity index (χ0) is 14.5. The van der Waals surface area contributed by atoms with Crippen LogP contribution in [0.4, 0.5) is 11.4 Å². The third-order valence-corrected chi connectivity index (χ3v) is 4.00. The van der Waals surface area contributed by atoms with E-state index in [1.165, 1.54) is 4.68 Å². The quantitative estimate of drug-likeness (QED) is 0.656. The number of anilines is 2. The second-order valence-corrected chi connectivity index (χ2v) is 5.56. The largest absolute Gasteiger partial charge is 0.397 e. The highest BCUT2D eigenvalue weighted by Gasteiger charge is 2.12. The third-order valence-electron chi connectivity index (χ3n) is 2.80. The Morgan fingerprint density at radius 2 is 2.25 bits per heavy atom. The first-order valence-corrected chi connectivity index (χ1v) is 7.42. The molecule has 1 aromatic carbocycles. The van der Waals surface area contributed by atoms with Crippen LogP contribution in [0.3, 0.4) is 0 Å². The Morgan fingerprint density at radius 1 is 1.45 bits per heavy atom. The van der Waals surface area contributed by atoms with Gasteiger partial charge in [0.25, 0.3) is 5.91 Å². The van der Waals surface area contributed by atoms with Crippen LogP contribution in [0.15, 0.2) is 35.4 Å². The number of aromatic nitrogens is 2. The second-order valence-electron chi connectivity index (χ2n) is 4.39. The Kier molecular flexibility index (Phi) is 4.68. The molecule has 2 aromatic rings. The maximum atomic E-state index is 12.1. The third kappa shape index (κ3) is 3.33. The lowest BCUT2D eigenvalue weighted by Gasteiger charge is -2.10. The molecule has 0 bridgehead atoms. The maximum absolute atomic E-state index is 12.1. The number of carbonyl (C=O) groups excluding carboxylic acids is 1. The summed E-state index contributed by atoms with van der Waals surface area (Å²) in [6.45, 7) is 2.13. The van der Waals surface area contributed by atoms with Crippen molar-refractivity contribution in [2.75, 3.05) is 16.8 Å². The Balaban J connectivity index is 2.16. The molecular weight excluding hydrogens is 272 g/mol. The van der Waals surface area contributed by atoms with Gasteiger partial charge in [0.05, 0.1) is 11.4 Å². The van der Waals surface area contributed by atoms with Crippen molar-refractivity contribution in [2.24, 2.45) is 7.05 Å². The van der Waals surface area contributed by atoms with Crippen molar-refractivity contribution in [1.29, 1.82) is 0 Å². The van der Waals surface area contributed by atoms with Gasteiger partial charge in [-0.15, -0.1) is 11.8 Å². The van der Waals surface area contributed by atoms with Crippen LogP contribution in [0, 0.1) is 0 Å². The van der Waals surface area contributed by atoms with Crippen LogP contribution >= 0.6 is 11.8 Å². The molecule has 0 unspecified atom stereocenters. The fourth-order valence-electron chi connectivity index (χ4n) is 1.74. The van der Waals surface area contributed by atoms with Crippen LogP contribution < -0.4 is 11.1 Å². The normalized spacial score (nSPS) is 10.5. The van der Waals surface area contributed by atoms with Crippen LogP contribution in [-0.2, 0) is 7.05 Å². The van der Waals surface area contributed by atoms with Crippen molar-refractivity contribution in [3.63, 3.8) is 0 Å². The molecule has 5 nitrogen and oxygen atoms in total. The van der Waals surface area contributed by atoms with Crippen LogP contribution in [0.2, 0.25) is 0 Å². The van der Waals surface area contributed by atoms with Crippen molar-refractivity contribution in [3.05, 3.63) is 36.2 Å². The van der Waals surface area contributed by atoms with Gasteiger partial charge >= 0.3 is 0 Å². The number of hydrogen-bond acceptors (Lipinski definition) is 4. The zero-order valence-electron chi connectivity index (χ0n) is 11.6. The highest BCUT2D eigenvalue weighted by Crippen LogP contribution is 2.27. The number of nitrogens with two attached hydrogens (primary N) is 1. The molecule has 0 saturated heterocycles. The number of nitrogens with one attached hydrogen (secondary N) is 1. The summed E-state index contributed by atoms with van der Waals surface area (Å²) in [5.41, 5.74) is 7.60. The summed E-state index contributed by atoms with van der Waals surface area (Å²) in [5.74, 6) is 0.827. The first-order valence-electron chi connectivity index (χ1n) is 6.43. The van der Waals surface area contributed by atoms with E-state index in [4.69, 9.17) is 5.73 Å². The lowest BCUT2D eigenvalue weighted by Crippen LogP contribution is -2.17. The average Bonchev–Trinajstić information content (AvgIpc) is 2.86. The molecule has 1 aromatic heterocycles. The van der Waals surface area contributed by atoms with Gasteiger partial charge in [-0.3, -0.25) is 9.48 Å². The van der Waals surface area contributed by atoms with Crippen molar-refractivity contribution < 1.29 is 4.79 Å². The van der Waals surface area contributed by atoms with Crippen molar-refractivity contribution in [3.8, 4) is 0 Å². The minimum absolute atomic E-state index is 0.214. The van der Waals surface area contributed by atoms with E-state index < -0.39 is 0 Å². The summed E-state index contributed by atoms with van der Waals surface area (Å²) in [5, 5.41) is 6.81. The average molecular weight is 290 g/mol. The van der Waals surface area contributed by atoms with E-state index >= 15 is 0 Å². The Labute approximate surface area is 122 Å². The number of carbonyl (C=O) groups is 1. The molecular formula is C14H18N4OS. The topological polar surface area (TPSA) is 72.9 Å². The van der Waals surface area contributed by atoms with E-state index in [1.54, 1.807) is 31.1 Å². The number of rotatable bonds is 5. The Bertz CT molecular complexity index is 609. The molecule has 0 atom stereocenters. The summed E-state index contributed by atoms with van der Waals surface area (Å²) in [7, 11) is 1.73. The molecule has 0 fully saturated rings. The molecule has 1 amide bonds. The van der Waals surface area contributed by atoms with Gasteiger partial charge in [0.2, 0.25) is 0 Å². The molecule has 1 heterocycles. The van der Waals surface area contributed by atoms with E-state index in [1.807, 2.05) is 18.2 Å². The van der Waals surface area contributed by atoms with E-state index in [-0.39, 0.29) is 5.91 Å². The second kappa shape index (κ2) is 6.47. The summed E-state index contributed by atoms with van der Waals surface area (Å²) in [6.07, 6.45) is 2.69. The van der Waals surface area contributed by atoms with Crippen LogP contribution in [0.1, 0.15) is 23.8 Å². The van der Waals surface area contributed by atoms with Crippen molar-refractivity contribution in [1.82, 2.24) is 9.78 Å². The van der Waals surface area contributed by atoms with Gasteiger partial charge in [-0.2, -0.15) is 5.10 Å². The molecule has 0 saturated carbocycles. The number of nitrogens with zero attached hydrogens (tertiary/aromatic N) is 2. The fourth-order valence-corrected chi connectivity index (χ4v) is 2.54. The lowest BCUT2D eigenvalue weighted by molar-refractivity contribution is 0.101. The molecule has 3 N–H and O–H groups in total. The first kappa shape index (κ1) is 14.5. The monoisotopic (exact) mass is 290 g/mol. The van der Waals surface area contributed by atoms with Gasteiger partial charge in [-0.05, 0) is 36.4 Å². The molecule has 20 heavy (non-hydrogen) atoms. The molecule has 0 aliphatic heterocycles. The minimum Gasteiger partial charge on any atom is -0.397 e. The molecule has 0 aliphatic carbocycles. The van der Waals surface area contributed by atoms with Gasteiger partial charge in [0, 0.05) is 18.1 Å². The first-order chi connectivity index (χ1) is 9.61. The Morgan fingerprint density at radius 3 is 2.90 bits per heavy atom. The van der Waals surface area contributed by atoms with Crippen molar-refractivity contribution >= 4 is 29.0 Å². The standard InChI is InChI=1S/C14H18N4OS/c1-3-8-20-10-4-5-11(15)12(9-10)17-14(19)13-6-7-16-18(13)2/h4-7,9H,3,8,15H2,1-2H3,(H,17,19). The lowest BCUT2D eigenvalue weighted by atomic mass is 10.2. The van der Waals surface area contributed by atoms with Crippen LogP contribution in [0.5, 0.6) is 0 Å². The van der Waals surface area contributed by atoms with E-state index in [2.05, 4.69) is 17.3 Å². The highest BCUT2D eigenvalue weighted by atomic mass is 32.2. The molecule has 2 rings (SSSR count). The van der Waals surface area contributed by atoms with Crippen LogP contribution in [-0.4, -0.2) is 21.4 Å². The smallest absolute Gasteiger partial charge is 0.273 e. The van der Waals surface area contributed by atoms with Gasteiger partial charge in [0.15, 0.2) is 0 Å². The van der Waals surface area contributed by atoms with Gasteiger partial charge in [-0.25, -0.2) is 0 Å². The predicted molar refractivity (Wildman–Crippen MR) is 83.0 cm³/mol. The summed E-state index contributed by atoms with van der Waals surface area (Å²) < 4.78 is 1.53. The van der Waals surface area contributed by atoms with Gasteiger partial charge in [-0.1, -0.05) is 6.92 Å². The summed E-state index contributed by atoms with van der Waals surface area (Å²) in [6, 6.07) is 7.36. The molecule has 0 radical (unpaired) electrons. The van der Waals surface area contributed by atoms with Crippen LogP contribution in [0.25, 0.3) is 0 Å². The molecule has 6 heteroatoms. The van der Waals surface area contributed by atoms with E-state index in [9.17, 15) is 4.79 Å². The number of nitrogen functional groups attached to an aromatic ring is 1. The summed E-state index contributed by atoms with van der Waals surface area (Å²) >= 11 is 1.75. The fraction of sp³-hybridized carbons (Fsp3) is 0.286.